The normalized spacial score (nSPS) is 27.8. The summed E-state index contributed by atoms with van der Waals surface area (Å²) in [7, 11) is -3.71. The molecule has 2 N–H and O–H groups in total. The van der Waals surface area contributed by atoms with Crippen molar-refractivity contribution in [3.8, 4) is 0 Å². The van der Waals surface area contributed by atoms with Crippen molar-refractivity contribution in [3.05, 3.63) is 30.1 Å². The van der Waals surface area contributed by atoms with Gasteiger partial charge < -0.3 is 10.6 Å². The van der Waals surface area contributed by atoms with Crippen molar-refractivity contribution in [1.29, 1.82) is 0 Å². The van der Waals surface area contributed by atoms with E-state index in [-0.39, 0.29) is 24.0 Å². The molecular formula is C19H26N4O4S. The number of ketones is 1. The highest BCUT2D eigenvalue weighted by molar-refractivity contribution is 7.88. The minimum absolute atomic E-state index is 0.189. The zero-order valence-electron chi connectivity index (χ0n) is 15.8. The number of carbonyl (C=O) groups excluding carboxylic acids is 2. The van der Waals surface area contributed by atoms with Crippen LogP contribution >= 0.6 is 0 Å². The van der Waals surface area contributed by atoms with Crippen LogP contribution in [0.3, 0.4) is 0 Å². The Labute approximate surface area is 165 Å². The Morgan fingerprint density at radius 3 is 2.68 bits per heavy atom. The molecule has 1 amide bonds. The highest BCUT2D eigenvalue weighted by atomic mass is 32.2. The first-order valence-electron chi connectivity index (χ1n) is 9.84. The van der Waals surface area contributed by atoms with E-state index in [0.717, 1.165) is 19.3 Å². The summed E-state index contributed by atoms with van der Waals surface area (Å²) in [5.74, 6) is -0.670. The molecule has 2 aliphatic heterocycles. The molecule has 2 saturated heterocycles. The molecule has 0 spiro atoms. The Hall–Kier alpha value is -1.84. The predicted molar refractivity (Wildman–Crippen MR) is 102 cm³/mol. The molecule has 3 fully saturated rings. The van der Waals surface area contributed by atoms with Crippen LogP contribution in [0.1, 0.15) is 44.2 Å². The first-order chi connectivity index (χ1) is 13.3. The summed E-state index contributed by atoms with van der Waals surface area (Å²) >= 11 is 0. The maximum Gasteiger partial charge on any atom is 0.243 e. The summed E-state index contributed by atoms with van der Waals surface area (Å²) in [4.78, 5) is 31.5. The molecule has 1 aliphatic carbocycles. The summed E-state index contributed by atoms with van der Waals surface area (Å²) in [6.07, 6.45) is 6.12. The Bertz CT molecular complexity index is 867. The first kappa shape index (κ1) is 19.5. The van der Waals surface area contributed by atoms with Crippen molar-refractivity contribution in [2.45, 2.75) is 61.9 Å². The number of nitrogens with zero attached hydrogens (tertiary/aromatic N) is 3. The number of pyridine rings is 1. The van der Waals surface area contributed by atoms with Crippen molar-refractivity contribution in [2.24, 2.45) is 5.73 Å². The number of sulfonamides is 1. The second kappa shape index (κ2) is 7.20. The van der Waals surface area contributed by atoms with Crippen molar-refractivity contribution in [3.63, 3.8) is 0 Å². The van der Waals surface area contributed by atoms with Crippen LogP contribution < -0.4 is 5.73 Å². The van der Waals surface area contributed by atoms with Gasteiger partial charge in [0.2, 0.25) is 15.9 Å². The third-order valence-electron chi connectivity index (χ3n) is 6.22. The smallest absolute Gasteiger partial charge is 0.243 e. The van der Waals surface area contributed by atoms with E-state index in [4.69, 9.17) is 5.73 Å². The van der Waals surface area contributed by atoms with E-state index in [2.05, 4.69) is 4.98 Å². The fourth-order valence-electron chi connectivity index (χ4n) is 4.80. The number of carbonyl (C=O) groups is 2. The largest absolute Gasteiger partial charge is 0.329 e. The lowest BCUT2D eigenvalue weighted by Crippen LogP contribution is -2.58. The summed E-state index contributed by atoms with van der Waals surface area (Å²) < 4.78 is 27.1. The average Bonchev–Trinajstić information content (AvgIpc) is 3.24. The van der Waals surface area contributed by atoms with Gasteiger partial charge in [-0.1, -0.05) is 25.3 Å². The monoisotopic (exact) mass is 406 g/mol. The van der Waals surface area contributed by atoms with Crippen LogP contribution in [-0.2, 0) is 25.4 Å². The zero-order chi connectivity index (χ0) is 19.9. The number of hydrogen-bond acceptors (Lipinski definition) is 6. The third kappa shape index (κ3) is 3.35. The van der Waals surface area contributed by atoms with E-state index in [1.165, 1.54) is 4.31 Å². The van der Waals surface area contributed by atoms with E-state index in [0.29, 0.717) is 31.5 Å². The number of nitrogens with two attached hydrogens (primary N) is 1. The van der Waals surface area contributed by atoms with E-state index >= 15 is 0 Å². The molecule has 0 radical (unpaired) electrons. The molecule has 3 heterocycles. The molecule has 3 aliphatic rings. The number of fused-ring (bicyclic) bond motifs is 1. The van der Waals surface area contributed by atoms with Gasteiger partial charge >= 0.3 is 0 Å². The number of aromatic nitrogens is 1. The quantitative estimate of drug-likeness (QED) is 0.776. The lowest BCUT2D eigenvalue weighted by Gasteiger charge is -2.37. The van der Waals surface area contributed by atoms with Crippen molar-refractivity contribution in [2.75, 3.05) is 13.1 Å². The van der Waals surface area contributed by atoms with Crippen LogP contribution in [0.25, 0.3) is 0 Å². The Morgan fingerprint density at radius 1 is 1.25 bits per heavy atom. The minimum Gasteiger partial charge on any atom is -0.329 e. The second-order valence-corrected chi connectivity index (χ2v) is 10.0. The van der Waals surface area contributed by atoms with Crippen LogP contribution in [0.5, 0.6) is 0 Å². The molecule has 1 saturated carbocycles. The molecule has 0 bridgehead atoms. The van der Waals surface area contributed by atoms with Crippen LogP contribution in [0.15, 0.2) is 24.4 Å². The number of hydrogen-bond donors (Lipinski definition) is 1. The second-order valence-electron chi connectivity index (χ2n) is 8.11. The maximum atomic E-state index is 13.1. The lowest BCUT2D eigenvalue weighted by molar-refractivity contribution is -0.142. The van der Waals surface area contributed by atoms with E-state index in [1.54, 1.807) is 29.3 Å². The fraction of sp³-hybridized carbons (Fsp3) is 0.632. The van der Waals surface area contributed by atoms with Gasteiger partial charge in [0.1, 0.15) is 11.8 Å². The van der Waals surface area contributed by atoms with Crippen molar-refractivity contribution >= 4 is 21.7 Å². The van der Waals surface area contributed by atoms with Crippen LogP contribution in [0, 0.1) is 0 Å². The topological polar surface area (TPSA) is 114 Å². The molecular weight excluding hydrogens is 380 g/mol. The molecule has 1 aromatic heterocycles. The predicted octanol–water partition coefficient (Wildman–Crippen LogP) is 0.427. The van der Waals surface area contributed by atoms with E-state index in [9.17, 15) is 18.0 Å². The number of Topliss-reactive ketones (excluding diaryl/α,β-unsaturated/α-hetero) is 1. The summed E-state index contributed by atoms with van der Waals surface area (Å²) in [5.41, 5.74) is 5.91. The molecule has 2 unspecified atom stereocenters. The van der Waals surface area contributed by atoms with Gasteiger partial charge in [-0.15, -0.1) is 0 Å². The van der Waals surface area contributed by atoms with Gasteiger partial charge in [-0.05, 0) is 31.4 Å². The van der Waals surface area contributed by atoms with Crippen molar-refractivity contribution < 1.29 is 18.0 Å². The van der Waals surface area contributed by atoms with Gasteiger partial charge in [0.05, 0.1) is 23.8 Å². The van der Waals surface area contributed by atoms with Gasteiger partial charge in [0, 0.05) is 12.7 Å². The Morgan fingerprint density at radius 2 is 2.00 bits per heavy atom. The van der Waals surface area contributed by atoms with Crippen LogP contribution in [0.2, 0.25) is 0 Å². The van der Waals surface area contributed by atoms with Gasteiger partial charge in [0.25, 0.3) is 0 Å². The molecule has 2 atom stereocenters. The molecule has 8 nitrogen and oxygen atoms in total. The maximum absolute atomic E-state index is 13.1. The summed E-state index contributed by atoms with van der Waals surface area (Å²) in [6, 6.07) is 3.89. The number of likely N-dealkylation sites (tertiary alicyclic amines) is 1. The highest BCUT2D eigenvalue weighted by Crippen LogP contribution is 2.36. The average molecular weight is 407 g/mol. The van der Waals surface area contributed by atoms with Crippen LogP contribution in [0.4, 0.5) is 0 Å². The Balaban J connectivity index is 1.53. The van der Waals surface area contributed by atoms with E-state index < -0.39 is 27.6 Å². The number of rotatable bonds is 4. The SMILES string of the molecule is NC1(C(=O)N2CCC3C2C(=O)CN3S(=O)(=O)Cc2ccccn2)CCCCC1. The van der Waals surface area contributed by atoms with E-state index in [1.807, 2.05) is 0 Å². The van der Waals surface area contributed by atoms with Gasteiger partial charge in [0.15, 0.2) is 5.78 Å². The van der Waals surface area contributed by atoms with Crippen LogP contribution in [-0.4, -0.2) is 65.0 Å². The molecule has 152 valence electrons. The lowest BCUT2D eigenvalue weighted by atomic mass is 9.81. The Kier molecular flexibility index (Phi) is 5.01. The number of amides is 1. The van der Waals surface area contributed by atoms with Gasteiger partial charge in [-0.3, -0.25) is 14.6 Å². The molecule has 28 heavy (non-hydrogen) atoms. The first-order valence-corrected chi connectivity index (χ1v) is 11.4. The van der Waals surface area contributed by atoms with Gasteiger partial charge in [-0.2, -0.15) is 4.31 Å². The molecule has 4 rings (SSSR count). The minimum atomic E-state index is -3.71. The molecule has 9 heteroatoms. The zero-order valence-corrected chi connectivity index (χ0v) is 16.6. The standard InChI is InChI=1S/C19H26N4O4S/c20-19(8-3-1-4-9-19)18(25)22-11-7-15-17(22)16(24)12-23(15)28(26,27)13-14-6-2-5-10-21-14/h2,5-6,10,15,17H,1,3-4,7-9,11-13,20H2. The molecule has 0 aromatic carbocycles. The van der Waals surface area contributed by atoms with Gasteiger partial charge in [-0.25, -0.2) is 8.42 Å². The van der Waals surface area contributed by atoms with Crippen molar-refractivity contribution in [1.82, 2.24) is 14.2 Å². The summed E-state index contributed by atoms with van der Waals surface area (Å²) in [6.45, 7) is 0.181. The molecule has 1 aromatic rings. The third-order valence-corrected chi connectivity index (χ3v) is 8.00. The highest BCUT2D eigenvalue weighted by Gasteiger charge is 2.55. The fourth-order valence-corrected chi connectivity index (χ4v) is 6.47. The summed E-state index contributed by atoms with van der Waals surface area (Å²) in [5, 5.41) is 0.